The van der Waals surface area contributed by atoms with Crippen molar-refractivity contribution in [2.24, 2.45) is 11.8 Å². The summed E-state index contributed by atoms with van der Waals surface area (Å²) in [5.74, 6) is -0.135. The highest BCUT2D eigenvalue weighted by atomic mass is 32.2. The fourth-order valence-electron chi connectivity index (χ4n) is 3.55. The van der Waals surface area contributed by atoms with Gasteiger partial charge in [-0.15, -0.1) is 11.8 Å². The minimum Gasteiger partial charge on any atom is -0.450 e. The predicted molar refractivity (Wildman–Crippen MR) is 112 cm³/mol. The molecule has 2 saturated heterocycles. The van der Waals surface area contributed by atoms with E-state index in [1.54, 1.807) is 6.92 Å². The Morgan fingerprint density at radius 2 is 2.03 bits per heavy atom. The second-order valence-electron chi connectivity index (χ2n) is 7.57. The second kappa shape index (κ2) is 10.6. The third kappa shape index (κ3) is 5.81. The summed E-state index contributed by atoms with van der Waals surface area (Å²) in [5, 5.41) is 11.0. The van der Waals surface area contributed by atoms with Gasteiger partial charge in [0.15, 0.2) is 11.3 Å². The summed E-state index contributed by atoms with van der Waals surface area (Å²) in [6.07, 6.45) is -0.00888. The summed E-state index contributed by atoms with van der Waals surface area (Å²) in [6.45, 7) is 7.65. The molecule has 2 fully saturated rings. The molecule has 2 heterocycles. The third-order valence-corrected chi connectivity index (χ3v) is 8.46. The SMILES string of the molecule is CCC(=O)S[C@H](C(=O)N[C@H]1CC[C@H](C)[C@H]2SC[C@@H](OC(=O)O)N2C1=O)[C@@H](C)CC. The molecule has 0 aliphatic carbocycles. The molecule has 2 aliphatic heterocycles. The van der Waals surface area contributed by atoms with Crippen molar-refractivity contribution in [2.75, 3.05) is 5.75 Å². The number of nitrogens with zero attached hydrogens (tertiary/aromatic N) is 1. The lowest BCUT2D eigenvalue weighted by molar-refractivity contribution is -0.144. The summed E-state index contributed by atoms with van der Waals surface area (Å²) < 4.78 is 4.92. The lowest BCUT2D eigenvalue weighted by Gasteiger charge is -2.31. The van der Waals surface area contributed by atoms with Crippen molar-refractivity contribution in [3.8, 4) is 0 Å². The Balaban J connectivity index is 2.17. The summed E-state index contributed by atoms with van der Waals surface area (Å²) in [6, 6.07) is -0.752. The minimum atomic E-state index is -1.42. The third-order valence-electron chi connectivity index (χ3n) is 5.46. The predicted octanol–water partition coefficient (Wildman–Crippen LogP) is 2.91. The van der Waals surface area contributed by atoms with Crippen LogP contribution in [-0.2, 0) is 19.1 Å². The first-order valence-corrected chi connectivity index (χ1v) is 12.0. The molecule has 8 nitrogen and oxygen atoms in total. The minimum absolute atomic E-state index is 0.0199. The number of carbonyl (C=O) groups is 4. The molecule has 10 heteroatoms. The Bertz CT molecular complexity index is 646. The number of rotatable bonds is 7. The van der Waals surface area contributed by atoms with Crippen molar-refractivity contribution in [1.29, 1.82) is 0 Å². The van der Waals surface area contributed by atoms with Gasteiger partial charge in [0.2, 0.25) is 11.8 Å². The molecule has 0 aromatic carbocycles. The zero-order valence-corrected chi connectivity index (χ0v) is 18.9. The molecule has 2 N–H and O–H groups in total. The topological polar surface area (TPSA) is 113 Å². The van der Waals surface area contributed by atoms with Gasteiger partial charge in [0.05, 0.1) is 16.4 Å². The van der Waals surface area contributed by atoms with Crippen molar-refractivity contribution in [2.45, 2.75) is 76.3 Å². The molecule has 2 aliphatic rings. The number of amides is 2. The molecule has 0 spiro atoms. The van der Waals surface area contributed by atoms with Crippen molar-refractivity contribution >= 4 is 46.6 Å². The normalized spacial score (nSPS) is 28.8. The largest absolute Gasteiger partial charge is 0.507 e. The zero-order chi connectivity index (χ0) is 21.7. The van der Waals surface area contributed by atoms with Crippen LogP contribution < -0.4 is 5.32 Å². The van der Waals surface area contributed by atoms with Crippen LogP contribution in [0.3, 0.4) is 0 Å². The van der Waals surface area contributed by atoms with Crippen LogP contribution in [0.5, 0.6) is 0 Å². The van der Waals surface area contributed by atoms with Gasteiger partial charge < -0.3 is 15.2 Å². The van der Waals surface area contributed by atoms with E-state index in [0.29, 0.717) is 18.6 Å². The molecule has 6 atom stereocenters. The Morgan fingerprint density at radius 3 is 2.62 bits per heavy atom. The van der Waals surface area contributed by atoms with Crippen LogP contribution in [0, 0.1) is 11.8 Å². The monoisotopic (exact) mass is 446 g/mol. The highest BCUT2D eigenvalue weighted by molar-refractivity contribution is 8.14. The number of ether oxygens (including phenoxy) is 1. The maximum absolute atomic E-state index is 13.2. The number of hydrogen-bond acceptors (Lipinski definition) is 7. The summed E-state index contributed by atoms with van der Waals surface area (Å²) in [5.41, 5.74) is 0. The number of carbonyl (C=O) groups excluding carboxylic acids is 3. The van der Waals surface area contributed by atoms with E-state index < -0.39 is 23.7 Å². The van der Waals surface area contributed by atoms with Crippen molar-refractivity contribution in [1.82, 2.24) is 10.2 Å². The van der Waals surface area contributed by atoms with Gasteiger partial charge in [-0.3, -0.25) is 19.3 Å². The zero-order valence-electron chi connectivity index (χ0n) is 17.3. The first kappa shape index (κ1) is 23.9. The number of nitrogens with one attached hydrogen (secondary N) is 1. The molecular weight excluding hydrogens is 416 g/mol. The van der Waals surface area contributed by atoms with Gasteiger partial charge in [0.25, 0.3) is 0 Å². The van der Waals surface area contributed by atoms with Crippen molar-refractivity contribution < 1.29 is 29.0 Å². The van der Waals surface area contributed by atoms with Crippen molar-refractivity contribution in [3.05, 3.63) is 0 Å². The van der Waals surface area contributed by atoms with E-state index >= 15 is 0 Å². The van der Waals surface area contributed by atoms with Gasteiger partial charge >= 0.3 is 6.16 Å². The molecule has 164 valence electrons. The summed E-state index contributed by atoms with van der Waals surface area (Å²) >= 11 is 2.53. The molecule has 0 unspecified atom stereocenters. The maximum Gasteiger partial charge on any atom is 0.507 e. The number of fused-ring (bicyclic) bond motifs is 1. The number of hydrogen-bond donors (Lipinski definition) is 2. The van der Waals surface area contributed by atoms with E-state index in [1.165, 1.54) is 16.7 Å². The van der Waals surface area contributed by atoms with Crippen molar-refractivity contribution in [3.63, 3.8) is 0 Å². The summed E-state index contributed by atoms with van der Waals surface area (Å²) in [4.78, 5) is 50.6. The molecular formula is C19H30N2O6S2. The smallest absolute Gasteiger partial charge is 0.450 e. The number of carboxylic acid groups (broad SMARTS) is 1. The van der Waals surface area contributed by atoms with E-state index in [-0.39, 0.29) is 34.1 Å². The molecule has 0 bridgehead atoms. The standard InChI is InChI=1S/C19H30N2O6S2/c1-5-10(3)15(29-14(22)6-2)16(23)20-12-8-7-11(4)18-21(17(12)24)13(9-28-18)27-19(25)26/h10-13,15,18H,5-9H2,1-4H3,(H,20,23)(H,25,26)/t10-,11-,12-,13+,15-,18+/m0/s1. The summed E-state index contributed by atoms with van der Waals surface area (Å²) in [7, 11) is 0. The van der Waals surface area contributed by atoms with Gasteiger partial charge in [-0.1, -0.05) is 45.9 Å². The maximum atomic E-state index is 13.2. The van der Waals surface area contributed by atoms with Gasteiger partial charge in [-0.25, -0.2) is 4.79 Å². The number of thioether (sulfide) groups is 2. The van der Waals surface area contributed by atoms with Crippen LogP contribution in [0.1, 0.15) is 53.4 Å². The van der Waals surface area contributed by atoms with Crippen LogP contribution in [0.2, 0.25) is 0 Å². The van der Waals surface area contributed by atoms with E-state index in [9.17, 15) is 19.2 Å². The lowest BCUT2D eigenvalue weighted by Crippen LogP contribution is -2.54. The van der Waals surface area contributed by atoms with Gasteiger partial charge in [-0.05, 0) is 24.7 Å². The molecule has 29 heavy (non-hydrogen) atoms. The van der Waals surface area contributed by atoms with Gasteiger partial charge in [0, 0.05) is 6.42 Å². The first-order valence-electron chi connectivity index (χ1n) is 10.0. The molecule has 0 saturated carbocycles. The molecule has 2 rings (SSSR count). The second-order valence-corrected chi connectivity index (χ2v) is 9.92. The highest BCUT2D eigenvalue weighted by Crippen LogP contribution is 2.39. The fourth-order valence-corrected chi connectivity index (χ4v) is 6.05. The molecule has 0 aromatic rings. The van der Waals surface area contributed by atoms with Crippen LogP contribution in [-0.4, -0.2) is 61.7 Å². The Labute approximate surface area is 179 Å². The van der Waals surface area contributed by atoms with E-state index in [4.69, 9.17) is 9.84 Å². The quantitative estimate of drug-likeness (QED) is 0.574. The molecule has 0 aromatic heterocycles. The first-order chi connectivity index (χ1) is 13.7. The van der Waals surface area contributed by atoms with Gasteiger partial charge in [-0.2, -0.15) is 0 Å². The highest BCUT2D eigenvalue weighted by Gasteiger charge is 2.47. The Hall–Kier alpha value is -1.42. The van der Waals surface area contributed by atoms with Crippen LogP contribution in [0.4, 0.5) is 4.79 Å². The van der Waals surface area contributed by atoms with Crippen LogP contribution in [0.15, 0.2) is 0 Å². The fraction of sp³-hybridized carbons (Fsp3) is 0.789. The van der Waals surface area contributed by atoms with E-state index in [1.807, 2.05) is 20.8 Å². The Kier molecular flexibility index (Phi) is 8.69. The lowest BCUT2D eigenvalue weighted by atomic mass is 10.0. The molecule has 0 radical (unpaired) electrons. The van der Waals surface area contributed by atoms with Crippen LogP contribution in [0.25, 0.3) is 0 Å². The van der Waals surface area contributed by atoms with Gasteiger partial charge in [0.1, 0.15) is 6.04 Å². The van der Waals surface area contributed by atoms with E-state index in [0.717, 1.165) is 24.6 Å². The molecule has 2 amide bonds. The average molecular weight is 447 g/mol. The van der Waals surface area contributed by atoms with E-state index in [2.05, 4.69) is 5.32 Å². The van der Waals surface area contributed by atoms with Crippen LogP contribution >= 0.6 is 23.5 Å². The Morgan fingerprint density at radius 1 is 1.34 bits per heavy atom. The average Bonchev–Trinajstić information content (AvgIpc) is 3.05.